The van der Waals surface area contributed by atoms with E-state index in [0.717, 1.165) is 5.75 Å². The van der Waals surface area contributed by atoms with E-state index in [2.05, 4.69) is 16.7 Å². The molecule has 1 amide bonds. The molecule has 8 heteroatoms. The predicted octanol–water partition coefficient (Wildman–Crippen LogP) is 4.42. The second-order valence-electron chi connectivity index (χ2n) is 5.93. The van der Waals surface area contributed by atoms with E-state index in [1.54, 1.807) is 45.9 Å². The van der Waals surface area contributed by atoms with E-state index in [4.69, 9.17) is 11.6 Å². The van der Waals surface area contributed by atoms with Gasteiger partial charge in [0.25, 0.3) is 5.91 Å². The number of amides is 1. The SMILES string of the molecule is C=C(/C=C(Cl)\C=C(/C)F)c1cc(C(=O)N2CCSC2)nn1-c1cccnc1. The van der Waals surface area contributed by atoms with Gasteiger partial charge >= 0.3 is 0 Å². The molecule has 0 N–H and O–H groups in total. The van der Waals surface area contributed by atoms with Crippen molar-refractivity contribution in [1.82, 2.24) is 19.7 Å². The molecule has 1 aliphatic rings. The third kappa shape index (κ3) is 4.67. The fourth-order valence-electron chi connectivity index (χ4n) is 2.60. The number of rotatable bonds is 5. The molecule has 0 aliphatic carbocycles. The van der Waals surface area contributed by atoms with Gasteiger partial charge in [-0.15, -0.1) is 11.8 Å². The Bertz CT molecular complexity index is 913. The highest BCUT2D eigenvalue weighted by Crippen LogP contribution is 2.24. The molecule has 0 aromatic carbocycles. The van der Waals surface area contributed by atoms with Crippen LogP contribution >= 0.6 is 23.4 Å². The first-order valence-corrected chi connectivity index (χ1v) is 9.77. The number of thioether (sulfide) groups is 1. The maximum absolute atomic E-state index is 13.1. The molecule has 2 aromatic rings. The molecule has 1 aliphatic heterocycles. The van der Waals surface area contributed by atoms with E-state index in [-0.39, 0.29) is 10.9 Å². The summed E-state index contributed by atoms with van der Waals surface area (Å²) in [5, 5.41) is 4.66. The first-order valence-electron chi connectivity index (χ1n) is 8.23. The van der Waals surface area contributed by atoms with E-state index < -0.39 is 5.83 Å². The molecular formula is C19H18ClFN4OS. The maximum atomic E-state index is 13.1. The molecule has 2 aromatic heterocycles. The van der Waals surface area contributed by atoms with Gasteiger partial charge in [0.05, 0.1) is 29.3 Å². The first-order chi connectivity index (χ1) is 13.0. The van der Waals surface area contributed by atoms with Crippen molar-refractivity contribution >= 4 is 34.8 Å². The number of carbonyl (C=O) groups excluding carboxylic acids is 1. The normalized spacial score (nSPS) is 15.3. The van der Waals surface area contributed by atoms with Gasteiger partial charge < -0.3 is 4.90 Å². The molecule has 3 heterocycles. The number of allylic oxidation sites excluding steroid dienone is 5. The second-order valence-corrected chi connectivity index (χ2v) is 7.44. The molecular weight excluding hydrogens is 387 g/mol. The highest BCUT2D eigenvalue weighted by molar-refractivity contribution is 7.99. The molecule has 0 saturated carbocycles. The molecule has 0 atom stereocenters. The summed E-state index contributed by atoms with van der Waals surface area (Å²) >= 11 is 7.76. The lowest BCUT2D eigenvalue weighted by Crippen LogP contribution is -2.28. The summed E-state index contributed by atoms with van der Waals surface area (Å²) in [6.07, 6.45) is 6.03. The lowest BCUT2D eigenvalue weighted by atomic mass is 10.1. The van der Waals surface area contributed by atoms with Gasteiger partial charge in [0, 0.05) is 23.5 Å². The number of hydrogen-bond acceptors (Lipinski definition) is 4. The molecule has 5 nitrogen and oxygen atoms in total. The van der Waals surface area contributed by atoms with Crippen molar-refractivity contribution in [2.75, 3.05) is 18.2 Å². The van der Waals surface area contributed by atoms with Gasteiger partial charge in [-0.25, -0.2) is 9.07 Å². The standard InChI is InChI=1S/C19H18ClFN4OS/c1-13(8-15(20)9-14(2)21)18-10-17(19(26)24-6-7-27-12-24)23-25(18)16-4-3-5-22-11-16/h3-5,8-11H,1,6-7,12H2,2H3/b14-9+,15-8+. The smallest absolute Gasteiger partial charge is 0.275 e. The summed E-state index contributed by atoms with van der Waals surface area (Å²) in [6, 6.07) is 5.28. The lowest BCUT2D eigenvalue weighted by molar-refractivity contribution is 0.0796. The summed E-state index contributed by atoms with van der Waals surface area (Å²) in [4.78, 5) is 18.6. The Balaban J connectivity index is 2.01. The first kappa shape index (κ1) is 19.4. The van der Waals surface area contributed by atoms with Gasteiger partial charge in [-0.3, -0.25) is 9.78 Å². The van der Waals surface area contributed by atoms with Crippen LogP contribution in [-0.2, 0) is 0 Å². The van der Waals surface area contributed by atoms with Crippen LogP contribution in [0.4, 0.5) is 4.39 Å². The van der Waals surface area contributed by atoms with E-state index in [9.17, 15) is 9.18 Å². The average Bonchev–Trinajstić information content (AvgIpc) is 3.31. The summed E-state index contributed by atoms with van der Waals surface area (Å²) in [5.41, 5.74) is 2.09. The molecule has 0 bridgehead atoms. The summed E-state index contributed by atoms with van der Waals surface area (Å²) < 4.78 is 14.7. The largest absolute Gasteiger partial charge is 0.327 e. The number of hydrogen-bond donors (Lipinski definition) is 0. The lowest BCUT2D eigenvalue weighted by Gasteiger charge is -2.11. The van der Waals surface area contributed by atoms with Crippen LogP contribution in [0.2, 0.25) is 0 Å². The quantitative estimate of drug-likeness (QED) is 0.692. The zero-order valence-corrected chi connectivity index (χ0v) is 16.3. The van der Waals surface area contributed by atoms with Crippen molar-refractivity contribution < 1.29 is 9.18 Å². The molecule has 0 radical (unpaired) electrons. The van der Waals surface area contributed by atoms with E-state index in [0.29, 0.717) is 35.1 Å². The van der Waals surface area contributed by atoms with Crippen LogP contribution in [-0.4, -0.2) is 43.7 Å². The Morgan fingerprint density at radius 2 is 2.26 bits per heavy atom. The fraction of sp³-hybridized carbons (Fsp3) is 0.211. The minimum atomic E-state index is -0.410. The highest BCUT2D eigenvalue weighted by Gasteiger charge is 2.24. The molecule has 0 unspecified atom stereocenters. The van der Waals surface area contributed by atoms with E-state index in [1.165, 1.54) is 19.1 Å². The minimum Gasteiger partial charge on any atom is -0.327 e. The van der Waals surface area contributed by atoms with Gasteiger partial charge in [0.15, 0.2) is 5.69 Å². The second kappa shape index (κ2) is 8.54. The Kier molecular flexibility index (Phi) is 6.13. The molecule has 0 spiro atoms. The third-order valence-electron chi connectivity index (χ3n) is 3.84. The zero-order chi connectivity index (χ0) is 19.4. The molecule has 1 fully saturated rings. The fourth-order valence-corrected chi connectivity index (χ4v) is 3.83. The number of carbonyl (C=O) groups is 1. The van der Waals surface area contributed by atoms with Crippen molar-refractivity contribution in [3.8, 4) is 5.69 Å². The van der Waals surface area contributed by atoms with Crippen molar-refractivity contribution in [3.63, 3.8) is 0 Å². The summed E-state index contributed by atoms with van der Waals surface area (Å²) in [7, 11) is 0. The van der Waals surface area contributed by atoms with Crippen molar-refractivity contribution in [1.29, 1.82) is 0 Å². The van der Waals surface area contributed by atoms with Gasteiger partial charge in [-0.1, -0.05) is 18.2 Å². The Hall–Kier alpha value is -2.38. The monoisotopic (exact) mass is 404 g/mol. The van der Waals surface area contributed by atoms with Crippen LogP contribution in [0.5, 0.6) is 0 Å². The van der Waals surface area contributed by atoms with Crippen LogP contribution in [0, 0.1) is 0 Å². The predicted molar refractivity (Wildman–Crippen MR) is 108 cm³/mol. The van der Waals surface area contributed by atoms with E-state index in [1.807, 2.05) is 6.07 Å². The van der Waals surface area contributed by atoms with Crippen LogP contribution < -0.4 is 0 Å². The Labute approximate surface area is 166 Å². The zero-order valence-electron chi connectivity index (χ0n) is 14.7. The van der Waals surface area contributed by atoms with E-state index >= 15 is 0 Å². The van der Waals surface area contributed by atoms with Gasteiger partial charge in [0.2, 0.25) is 0 Å². The molecule has 140 valence electrons. The highest BCUT2D eigenvalue weighted by atomic mass is 35.5. The van der Waals surface area contributed by atoms with Crippen LogP contribution in [0.3, 0.4) is 0 Å². The van der Waals surface area contributed by atoms with Crippen molar-refractivity contribution in [3.05, 3.63) is 71.6 Å². The summed E-state index contributed by atoms with van der Waals surface area (Å²) in [5.74, 6) is 1.03. The molecule has 1 saturated heterocycles. The number of pyridine rings is 1. The van der Waals surface area contributed by atoms with Crippen molar-refractivity contribution in [2.24, 2.45) is 0 Å². The Morgan fingerprint density at radius 1 is 1.44 bits per heavy atom. The van der Waals surface area contributed by atoms with Gasteiger partial charge in [0.1, 0.15) is 0 Å². The topological polar surface area (TPSA) is 51.0 Å². The van der Waals surface area contributed by atoms with Crippen molar-refractivity contribution in [2.45, 2.75) is 6.92 Å². The molecule has 27 heavy (non-hydrogen) atoms. The molecule has 3 rings (SSSR count). The minimum absolute atomic E-state index is 0.133. The number of halogens is 2. The number of aromatic nitrogens is 3. The third-order valence-corrected chi connectivity index (χ3v) is 5.02. The maximum Gasteiger partial charge on any atom is 0.275 e. The average molecular weight is 405 g/mol. The Morgan fingerprint density at radius 3 is 2.89 bits per heavy atom. The van der Waals surface area contributed by atoms with Gasteiger partial charge in [-0.2, -0.15) is 5.10 Å². The van der Waals surface area contributed by atoms with Crippen LogP contribution in [0.15, 0.2) is 60.2 Å². The van der Waals surface area contributed by atoms with Crippen LogP contribution in [0.25, 0.3) is 11.3 Å². The number of nitrogens with zero attached hydrogens (tertiary/aromatic N) is 4. The summed E-state index contributed by atoms with van der Waals surface area (Å²) in [6.45, 7) is 6.02. The van der Waals surface area contributed by atoms with Crippen LogP contribution in [0.1, 0.15) is 23.1 Å². The van der Waals surface area contributed by atoms with Gasteiger partial charge in [-0.05, 0) is 42.8 Å².